The van der Waals surface area contributed by atoms with Gasteiger partial charge in [0.15, 0.2) is 5.82 Å². The molecule has 0 spiro atoms. The first-order valence-electron chi connectivity index (χ1n) is 6.46. The van der Waals surface area contributed by atoms with Gasteiger partial charge in [0.2, 0.25) is 5.91 Å². The quantitative estimate of drug-likeness (QED) is 0.799. The number of rotatable bonds is 2. The Balaban J connectivity index is 2.14. The van der Waals surface area contributed by atoms with Gasteiger partial charge in [0.05, 0.1) is 11.9 Å². The van der Waals surface area contributed by atoms with Gasteiger partial charge in [-0.25, -0.2) is 9.07 Å². The maximum atomic E-state index is 13.4. The molecular weight excluding hydrogens is 307 g/mol. The van der Waals surface area contributed by atoms with Crippen molar-refractivity contribution in [2.24, 2.45) is 0 Å². The predicted octanol–water partition coefficient (Wildman–Crippen LogP) is 2.37. The van der Waals surface area contributed by atoms with Crippen molar-refractivity contribution in [3.05, 3.63) is 53.5 Å². The largest absolute Gasteiger partial charge is 0.291 e. The number of hydrogen-bond acceptors (Lipinski definition) is 3. The van der Waals surface area contributed by atoms with E-state index < -0.39 is 0 Å². The maximum Gasteiger partial charge on any atom is 0.243 e. The summed E-state index contributed by atoms with van der Waals surface area (Å²) in [5, 5.41) is 13.4. The predicted molar refractivity (Wildman–Crippen MR) is 79.8 cm³/mol. The smallest absolute Gasteiger partial charge is 0.243 e. The van der Waals surface area contributed by atoms with Gasteiger partial charge in [-0.3, -0.25) is 9.69 Å². The first kappa shape index (κ1) is 14.3. The van der Waals surface area contributed by atoms with Crippen LogP contribution in [0.25, 0.3) is 5.70 Å². The zero-order chi connectivity index (χ0) is 15.7. The number of carbonyl (C=O) groups excluding carboxylic acids is 1. The number of alkyl halides is 1. The lowest BCUT2D eigenvalue weighted by Crippen LogP contribution is -2.37. The molecule has 0 radical (unpaired) electrons. The van der Waals surface area contributed by atoms with Gasteiger partial charge < -0.3 is 0 Å². The second-order valence-electron chi connectivity index (χ2n) is 4.64. The fraction of sp³-hybridized carbons (Fsp3) is 0.133. The Hall–Kier alpha value is -2.65. The summed E-state index contributed by atoms with van der Waals surface area (Å²) in [6.07, 6.45) is 3.13. The minimum atomic E-state index is -0.369. The molecule has 0 atom stereocenters. The SMILES string of the molecule is N#Cc1cnn2c1N(C(=O)CCl)CC=C2c1cccc(F)c1. The number of anilines is 1. The number of hydrogen-bond donors (Lipinski definition) is 0. The topological polar surface area (TPSA) is 61.9 Å². The molecule has 2 aromatic rings. The van der Waals surface area contributed by atoms with Gasteiger partial charge >= 0.3 is 0 Å². The van der Waals surface area contributed by atoms with Gasteiger partial charge in [0.1, 0.15) is 23.3 Å². The Labute approximate surface area is 130 Å². The van der Waals surface area contributed by atoms with E-state index in [0.717, 1.165) is 0 Å². The molecule has 1 aromatic heterocycles. The third-order valence-corrected chi connectivity index (χ3v) is 3.58. The normalized spacial score (nSPS) is 13.3. The summed E-state index contributed by atoms with van der Waals surface area (Å²) in [6, 6.07) is 8.07. The Morgan fingerprint density at radius 1 is 1.50 bits per heavy atom. The third-order valence-electron chi connectivity index (χ3n) is 3.35. The zero-order valence-electron chi connectivity index (χ0n) is 11.3. The summed E-state index contributed by atoms with van der Waals surface area (Å²) in [5.41, 5.74) is 1.50. The van der Waals surface area contributed by atoms with Crippen molar-refractivity contribution >= 4 is 29.0 Å². The van der Waals surface area contributed by atoms with E-state index in [2.05, 4.69) is 5.10 Å². The molecule has 1 aliphatic rings. The number of halogens is 2. The summed E-state index contributed by atoms with van der Waals surface area (Å²) in [7, 11) is 0. The summed E-state index contributed by atoms with van der Waals surface area (Å²) in [6.45, 7) is 0.248. The van der Waals surface area contributed by atoms with Crippen molar-refractivity contribution in [3.63, 3.8) is 0 Å². The summed E-state index contributed by atoms with van der Waals surface area (Å²) >= 11 is 5.61. The zero-order valence-corrected chi connectivity index (χ0v) is 12.1. The molecule has 1 aromatic carbocycles. The van der Waals surface area contributed by atoms with Gasteiger partial charge in [-0.05, 0) is 18.2 Å². The van der Waals surface area contributed by atoms with Gasteiger partial charge in [-0.2, -0.15) is 10.4 Å². The molecule has 3 rings (SSSR count). The number of carbonyl (C=O) groups is 1. The molecule has 0 fully saturated rings. The molecule has 0 aliphatic carbocycles. The van der Waals surface area contributed by atoms with Crippen molar-refractivity contribution in [2.75, 3.05) is 17.3 Å². The van der Waals surface area contributed by atoms with Crippen LogP contribution in [0.15, 0.2) is 36.5 Å². The molecule has 0 N–H and O–H groups in total. The van der Waals surface area contributed by atoms with Crippen molar-refractivity contribution in [2.45, 2.75) is 0 Å². The van der Waals surface area contributed by atoms with Crippen LogP contribution in [0.4, 0.5) is 10.2 Å². The highest BCUT2D eigenvalue weighted by Crippen LogP contribution is 2.31. The van der Waals surface area contributed by atoms with Crippen LogP contribution in [-0.2, 0) is 4.79 Å². The highest BCUT2D eigenvalue weighted by atomic mass is 35.5. The number of fused-ring (bicyclic) bond motifs is 1. The molecule has 1 amide bonds. The lowest BCUT2D eigenvalue weighted by Gasteiger charge is -2.27. The Kier molecular flexibility index (Phi) is 3.65. The van der Waals surface area contributed by atoms with Crippen LogP contribution >= 0.6 is 11.6 Å². The number of amides is 1. The van der Waals surface area contributed by atoms with Gasteiger partial charge in [0.25, 0.3) is 0 Å². The third kappa shape index (κ3) is 2.26. The average Bonchev–Trinajstić information content (AvgIpc) is 2.97. The first-order valence-corrected chi connectivity index (χ1v) is 7.00. The molecule has 0 bridgehead atoms. The molecule has 7 heteroatoms. The molecule has 1 aliphatic heterocycles. The molecule has 22 heavy (non-hydrogen) atoms. The highest BCUT2D eigenvalue weighted by molar-refractivity contribution is 6.29. The lowest BCUT2D eigenvalue weighted by atomic mass is 10.1. The monoisotopic (exact) mass is 316 g/mol. The van der Waals surface area contributed by atoms with E-state index in [0.29, 0.717) is 17.1 Å². The molecule has 5 nitrogen and oxygen atoms in total. The number of benzene rings is 1. The van der Waals surface area contributed by atoms with E-state index in [1.165, 1.54) is 27.9 Å². The van der Waals surface area contributed by atoms with E-state index in [1.54, 1.807) is 18.2 Å². The first-order chi connectivity index (χ1) is 10.7. The minimum absolute atomic E-state index is 0.195. The number of nitriles is 1. The van der Waals surface area contributed by atoms with Gasteiger partial charge in [-0.1, -0.05) is 12.1 Å². The molecule has 0 saturated heterocycles. The highest BCUT2D eigenvalue weighted by Gasteiger charge is 2.28. The Morgan fingerprint density at radius 3 is 3.00 bits per heavy atom. The van der Waals surface area contributed by atoms with E-state index in [9.17, 15) is 14.4 Å². The second-order valence-corrected chi connectivity index (χ2v) is 4.91. The van der Waals surface area contributed by atoms with Crippen LogP contribution in [0.2, 0.25) is 0 Å². The van der Waals surface area contributed by atoms with Crippen LogP contribution in [0.1, 0.15) is 11.1 Å². The van der Waals surface area contributed by atoms with Crippen LogP contribution in [0, 0.1) is 17.1 Å². The average molecular weight is 317 g/mol. The standard InChI is InChI=1S/C15H10ClFN4O/c16-7-14(22)20-5-4-13(10-2-1-3-12(17)6-10)21-15(20)11(8-18)9-19-21/h1-4,6,9H,5,7H2. The van der Waals surface area contributed by atoms with E-state index >= 15 is 0 Å². The number of nitrogens with zero attached hydrogens (tertiary/aromatic N) is 4. The van der Waals surface area contributed by atoms with Gasteiger partial charge in [0, 0.05) is 12.1 Å². The van der Waals surface area contributed by atoms with Crippen LogP contribution < -0.4 is 4.90 Å². The Morgan fingerprint density at radius 2 is 2.32 bits per heavy atom. The molecule has 0 unspecified atom stereocenters. The fourth-order valence-corrected chi connectivity index (χ4v) is 2.53. The minimum Gasteiger partial charge on any atom is -0.291 e. The van der Waals surface area contributed by atoms with E-state index in [-0.39, 0.29) is 29.7 Å². The van der Waals surface area contributed by atoms with Crippen molar-refractivity contribution in [3.8, 4) is 6.07 Å². The van der Waals surface area contributed by atoms with Crippen molar-refractivity contribution < 1.29 is 9.18 Å². The molecular formula is C15H10ClFN4O. The van der Waals surface area contributed by atoms with Crippen LogP contribution in [0.5, 0.6) is 0 Å². The van der Waals surface area contributed by atoms with E-state index in [4.69, 9.17) is 11.6 Å². The molecule has 110 valence electrons. The second kappa shape index (κ2) is 5.62. The number of aromatic nitrogens is 2. The molecule has 2 heterocycles. The lowest BCUT2D eigenvalue weighted by molar-refractivity contribution is -0.116. The van der Waals surface area contributed by atoms with Gasteiger partial charge in [-0.15, -0.1) is 11.6 Å². The summed E-state index contributed by atoms with van der Waals surface area (Å²) < 4.78 is 14.9. The molecule has 0 saturated carbocycles. The van der Waals surface area contributed by atoms with Crippen LogP contribution in [0.3, 0.4) is 0 Å². The van der Waals surface area contributed by atoms with Crippen molar-refractivity contribution in [1.29, 1.82) is 5.26 Å². The van der Waals surface area contributed by atoms with Crippen LogP contribution in [-0.4, -0.2) is 28.1 Å². The fourth-order valence-electron chi connectivity index (χ4n) is 2.39. The van der Waals surface area contributed by atoms with Crippen molar-refractivity contribution in [1.82, 2.24) is 9.78 Å². The van der Waals surface area contributed by atoms with E-state index in [1.807, 2.05) is 6.07 Å². The summed E-state index contributed by atoms with van der Waals surface area (Å²) in [5.74, 6) is -0.532. The Bertz CT molecular complexity index is 821. The maximum absolute atomic E-state index is 13.4. The summed E-state index contributed by atoms with van der Waals surface area (Å²) in [4.78, 5) is 13.3.